The molecule has 0 spiro atoms. The maximum Gasteiger partial charge on any atom is 0.347 e. The average molecular weight is 466 g/mol. The van der Waals surface area contributed by atoms with Crippen LogP contribution in [0.15, 0.2) is 35.5 Å². The van der Waals surface area contributed by atoms with Gasteiger partial charge in [0.25, 0.3) is 0 Å². The number of benzene rings is 1. The van der Waals surface area contributed by atoms with Crippen molar-refractivity contribution in [2.75, 3.05) is 31.1 Å². The number of hydrogen-bond acceptors (Lipinski definition) is 6. The molecule has 0 bridgehead atoms. The second-order valence-corrected chi connectivity index (χ2v) is 13.1. The molecule has 0 aliphatic rings. The molecule has 0 aliphatic heterocycles. The minimum atomic E-state index is -0.642. The van der Waals surface area contributed by atoms with Gasteiger partial charge in [0.15, 0.2) is 5.82 Å². The lowest BCUT2D eigenvalue weighted by atomic mass is 10.1. The van der Waals surface area contributed by atoms with Crippen LogP contribution in [-0.2, 0) is 25.1 Å². The molecule has 10 heteroatoms. The van der Waals surface area contributed by atoms with Crippen LogP contribution < -0.4 is 10.4 Å². The van der Waals surface area contributed by atoms with E-state index in [2.05, 4.69) is 33.8 Å². The summed E-state index contributed by atoms with van der Waals surface area (Å²) in [5.41, 5.74) is 2.00. The number of rotatable bonds is 9. The van der Waals surface area contributed by atoms with Gasteiger partial charge in [-0.05, 0) is 43.4 Å². The quantitative estimate of drug-likeness (QED) is 0.451. The monoisotopic (exact) mass is 465 g/mol. The maximum absolute atomic E-state index is 12.5. The topological polar surface area (TPSA) is 84.1 Å². The van der Waals surface area contributed by atoms with Crippen LogP contribution in [0.1, 0.15) is 11.4 Å². The molecule has 0 aliphatic carbocycles. The van der Waals surface area contributed by atoms with Gasteiger partial charge in [0.05, 0.1) is 18.5 Å². The Morgan fingerprint density at radius 3 is 2.65 bits per heavy atom. The summed E-state index contributed by atoms with van der Waals surface area (Å²) >= 11 is 6.31. The van der Waals surface area contributed by atoms with Crippen LogP contribution in [-0.4, -0.2) is 55.4 Å². The lowest BCUT2D eigenvalue weighted by Gasteiger charge is -2.24. The van der Waals surface area contributed by atoms with Crippen molar-refractivity contribution >= 4 is 21.6 Å². The summed E-state index contributed by atoms with van der Waals surface area (Å²) < 4.78 is 14.5. The molecule has 0 fully saturated rings. The minimum Gasteiger partial charge on any atom is -0.485 e. The van der Waals surface area contributed by atoms with Crippen molar-refractivity contribution in [2.45, 2.75) is 20.3 Å². The predicted molar refractivity (Wildman–Crippen MR) is 125 cm³/mol. The van der Waals surface area contributed by atoms with E-state index < -0.39 is 10.0 Å². The van der Waals surface area contributed by atoms with Gasteiger partial charge in [-0.25, -0.2) is 14.8 Å². The van der Waals surface area contributed by atoms with Crippen LogP contribution in [0.2, 0.25) is 5.02 Å². The van der Waals surface area contributed by atoms with E-state index in [-0.39, 0.29) is 19.0 Å². The third-order valence-electron chi connectivity index (χ3n) is 4.64. The van der Waals surface area contributed by atoms with Gasteiger partial charge in [-0.1, -0.05) is 11.6 Å². The fourth-order valence-electron chi connectivity index (χ4n) is 2.76. The molecule has 31 heavy (non-hydrogen) atoms. The molecule has 3 aromatic rings. The SMILES string of the molecule is Cc1cc(OCc2nn(COCCS(C)(C)C)c(=O)n2C)c(-c2cnccn2)cc1Cl. The zero-order chi connectivity index (χ0) is 22.6. The Bertz CT molecular complexity index is 1090. The number of aryl methyl sites for hydroxylation is 1. The second-order valence-electron chi connectivity index (χ2n) is 8.07. The molecule has 0 saturated carbocycles. The van der Waals surface area contributed by atoms with Crippen molar-refractivity contribution in [1.29, 1.82) is 0 Å². The van der Waals surface area contributed by atoms with Gasteiger partial charge in [0, 0.05) is 35.8 Å². The predicted octanol–water partition coefficient (Wildman–Crippen LogP) is 3.25. The Kier molecular flexibility index (Phi) is 7.40. The van der Waals surface area contributed by atoms with E-state index in [9.17, 15) is 4.79 Å². The van der Waals surface area contributed by atoms with Gasteiger partial charge in [-0.15, -0.1) is 5.10 Å². The molecule has 0 radical (unpaired) electrons. The van der Waals surface area contributed by atoms with Crippen molar-refractivity contribution in [3.8, 4) is 17.0 Å². The normalized spacial score (nSPS) is 12.2. The van der Waals surface area contributed by atoms with Gasteiger partial charge in [-0.2, -0.15) is 4.68 Å². The van der Waals surface area contributed by atoms with Crippen LogP contribution in [0.25, 0.3) is 11.3 Å². The lowest BCUT2D eigenvalue weighted by molar-refractivity contribution is 0.0775. The Hall–Kier alpha value is -2.36. The zero-order valence-electron chi connectivity index (χ0n) is 18.5. The van der Waals surface area contributed by atoms with Crippen LogP contribution in [0, 0.1) is 6.92 Å². The van der Waals surface area contributed by atoms with E-state index in [1.165, 1.54) is 9.25 Å². The summed E-state index contributed by atoms with van der Waals surface area (Å²) in [6.45, 7) is 2.72. The number of halogens is 1. The van der Waals surface area contributed by atoms with E-state index in [0.717, 1.165) is 16.9 Å². The molecule has 0 atom stereocenters. The molecule has 0 amide bonds. The lowest BCUT2D eigenvalue weighted by Crippen LogP contribution is -2.25. The molecular formula is C21H28ClN5O3S. The van der Waals surface area contributed by atoms with Crippen molar-refractivity contribution < 1.29 is 9.47 Å². The highest BCUT2D eigenvalue weighted by molar-refractivity contribution is 8.32. The summed E-state index contributed by atoms with van der Waals surface area (Å²) in [5, 5.41) is 4.98. The van der Waals surface area contributed by atoms with Crippen LogP contribution in [0.3, 0.4) is 0 Å². The fraction of sp³-hybridized carbons (Fsp3) is 0.429. The first-order valence-corrected chi connectivity index (χ1v) is 13.1. The minimum absolute atomic E-state index is 0.110. The fourth-order valence-corrected chi connectivity index (χ4v) is 3.54. The van der Waals surface area contributed by atoms with Gasteiger partial charge < -0.3 is 9.47 Å². The molecular weight excluding hydrogens is 438 g/mol. The molecule has 168 valence electrons. The van der Waals surface area contributed by atoms with Crippen molar-refractivity contribution in [3.05, 3.63) is 57.6 Å². The molecule has 0 saturated heterocycles. The first kappa shape index (κ1) is 23.3. The van der Waals surface area contributed by atoms with Gasteiger partial charge in [0.2, 0.25) is 0 Å². The van der Waals surface area contributed by atoms with Crippen molar-refractivity contribution in [2.24, 2.45) is 7.05 Å². The molecule has 0 unspecified atom stereocenters. The number of aromatic nitrogens is 5. The number of hydrogen-bond donors (Lipinski definition) is 0. The number of nitrogens with zero attached hydrogens (tertiary/aromatic N) is 5. The Morgan fingerprint density at radius 1 is 1.19 bits per heavy atom. The third kappa shape index (κ3) is 6.09. The van der Waals surface area contributed by atoms with E-state index >= 15 is 0 Å². The van der Waals surface area contributed by atoms with Gasteiger partial charge in [0.1, 0.15) is 19.1 Å². The van der Waals surface area contributed by atoms with Gasteiger partial charge >= 0.3 is 5.69 Å². The van der Waals surface area contributed by atoms with Crippen LogP contribution >= 0.6 is 21.6 Å². The average Bonchev–Trinajstić information content (AvgIpc) is 2.99. The largest absolute Gasteiger partial charge is 0.485 e. The van der Waals surface area contributed by atoms with Crippen molar-refractivity contribution in [3.63, 3.8) is 0 Å². The summed E-state index contributed by atoms with van der Waals surface area (Å²) in [7, 11) is 1.03. The standard InChI is InChI=1S/C21H28ClN5O3S/c1-15-10-19(16(11-17(15)22)18-12-23-6-7-24-18)30-13-20-25-27(21(28)26(20)2)14-29-8-9-31(3,4)5/h6-7,10-12H,8-9,13-14H2,1-5H3. The Morgan fingerprint density at radius 2 is 1.97 bits per heavy atom. The Labute approximate surface area is 188 Å². The highest BCUT2D eigenvalue weighted by atomic mass is 35.5. The highest BCUT2D eigenvalue weighted by Gasteiger charge is 2.15. The second kappa shape index (κ2) is 9.84. The maximum atomic E-state index is 12.5. The van der Waals surface area contributed by atoms with Crippen molar-refractivity contribution in [1.82, 2.24) is 24.3 Å². The molecule has 2 aromatic heterocycles. The zero-order valence-corrected chi connectivity index (χ0v) is 20.0. The smallest absolute Gasteiger partial charge is 0.347 e. The molecule has 3 rings (SSSR count). The first-order chi connectivity index (χ1) is 14.7. The van der Waals surface area contributed by atoms with E-state index in [1.807, 2.05) is 13.0 Å². The molecule has 2 heterocycles. The number of ether oxygens (including phenoxy) is 2. The van der Waals surface area contributed by atoms with E-state index in [1.54, 1.807) is 31.7 Å². The Balaban J connectivity index is 1.75. The molecule has 0 N–H and O–H groups in total. The van der Waals surface area contributed by atoms with Crippen LogP contribution in [0.4, 0.5) is 0 Å². The summed E-state index contributed by atoms with van der Waals surface area (Å²) in [6.07, 6.45) is 11.5. The molecule has 1 aromatic carbocycles. The summed E-state index contributed by atoms with van der Waals surface area (Å²) in [4.78, 5) is 20.9. The van der Waals surface area contributed by atoms with E-state index in [4.69, 9.17) is 21.1 Å². The summed E-state index contributed by atoms with van der Waals surface area (Å²) in [6, 6.07) is 3.65. The first-order valence-electron chi connectivity index (χ1n) is 9.71. The van der Waals surface area contributed by atoms with Gasteiger partial charge in [-0.3, -0.25) is 14.5 Å². The summed E-state index contributed by atoms with van der Waals surface area (Å²) in [5.74, 6) is 2.06. The molecule has 8 nitrogen and oxygen atoms in total. The van der Waals surface area contributed by atoms with E-state index in [0.29, 0.717) is 28.9 Å². The third-order valence-corrected chi connectivity index (χ3v) is 6.44. The highest BCUT2D eigenvalue weighted by Crippen LogP contribution is 2.34. The van der Waals surface area contributed by atoms with Crippen LogP contribution in [0.5, 0.6) is 5.75 Å².